The highest BCUT2D eigenvalue weighted by atomic mass is 16.5. The molecule has 23 heavy (non-hydrogen) atoms. The average Bonchev–Trinajstić information content (AvgIpc) is 3.17. The van der Waals surface area contributed by atoms with E-state index in [1.54, 1.807) is 6.26 Å². The fourth-order valence-corrected chi connectivity index (χ4v) is 2.51. The number of rotatable bonds is 5. The number of hydrogen-bond donors (Lipinski definition) is 0. The Bertz CT molecular complexity index is 777. The van der Waals surface area contributed by atoms with Gasteiger partial charge in [0.05, 0.1) is 11.7 Å². The Labute approximate surface area is 135 Å². The second-order valence-electron chi connectivity index (χ2n) is 5.91. The molecule has 0 saturated heterocycles. The SMILES string of the molecule is Cc1cccc(-c2nc(CN(C)C(C)c3ccon3)c(C)o2)c1. The Kier molecular flexibility index (Phi) is 4.30. The molecule has 0 spiro atoms. The second kappa shape index (κ2) is 6.38. The molecule has 0 aliphatic heterocycles. The third-order valence-corrected chi connectivity index (χ3v) is 4.10. The zero-order valence-electron chi connectivity index (χ0n) is 13.9. The van der Waals surface area contributed by atoms with E-state index < -0.39 is 0 Å². The summed E-state index contributed by atoms with van der Waals surface area (Å²) in [5, 5.41) is 4.00. The van der Waals surface area contributed by atoms with Crippen molar-refractivity contribution in [2.45, 2.75) is 33.4 Å². The zero-order chi connectivity index (χ0) is 16.4. The second-order valence-corrected chi connectivity index (χ2v) is 5.91. The Hall–Kier alpha value is -2.40. The van der Waals surface area contributed by atoms with E-state index in [2.05, 4.69) is 41.0 Å². The predicted octanol–water partition coefficient (Wildman–Crippen LogP) is 4.14. The quantitative estimate of drug-likeness (QED) is 0.709. The molecule has 5 nitrogen and oxygen atoms in total. The van der Waals surface area contributed by atoms with Crippen LogP contribution in [-0.2, 0) is 6.54 Å². The lowest BCUT2D eigenvalue weighted by molar-refractivity contribution is 0.237. The van der Waals surface area contributed by atoms with E-state index in [4.69, 9.17) is 8.94 Å². The highest BCUT2D eigenvalue weighted by molar-refractivity contribution is 5.54. The number of oxazole rings is 1. The standard InChI is InChI=1S/C18H21N3O2/c1-12-6-5-7-15(10-12)18-19-17(14(3)23-18)11-21(4)13(2)16-8-9-22-20-16/h5-10,13H,11H2,1-4H3. The molecule has 1 atom stereocenters. The molecule has 3 aromatic rings. The van der Waals surface area contributed by atoms with Crippen molar-refractivity contribution in [1.82, 2.24) is 15.0 Å². The molecule has 2 aromatic heterocycles. The van der Waals surface area contributed by atoms with Crippen LogP contribution in [0.5, 0.6) is 0 Å². The molecule has 1 unspecified atom stereocenters. The van der Waals surface area contributed by atoms with E-state index in [0.717, 1.165) is 22.7 Å². The van der Waals surface area contributed by atoms with Gasteiger partial charge in [0.15, 0.2) is 0 Å². The number of aryl methyl sites for hydroxylation is 2. The molecule has 0 N–H and O–H groups in total. The van der Waals surface area contributed by atoms with Crippen LogP contribution in [-0.4, -0.2) is 22.1 Å². The van der Waals surface area contributed by atoms with Gasteiger partial charge in [-0.3, -0.25) is 4.90 Å². The van der Waals surface area contributed by atoms with Crippen molar-refractivity contribution < 1.29 is 8.94 Å². The lowest BCUT2D eigenvalue weighted by Crippen LogP contribution is -2.22. The first kappa shape index (κ1) is 15.5. The maximum atomic E-state index is 5.86. The molecular weight excluding hydrogens is 290 g/mol. The van der Waals surface area contributed by atoms with E-state index in [9.17, 15) is 0 Å². The third-order valence-electron chi connectivity index (χ3n) is 4.10. The minimum Gasteiger partial charge on any atom is -0.441 e. The van der Waals surface area contributed by atoms with Crippen LogP contribution >= 0.6 is 0 Å². The number of benzene rings is 1. The van der Waals surface area contributed by atoms with Gasteiger partial charge >= 0.3 is 0 Å². The fourth-order valence-electron chi connectivity index (χ4n) is 2.51. The van der Waals surface area contributed by atoms with Crippen LogP contribution in [0.2, 0.25) is 0 Å². The van der Waals surface area contributed by atoms with Crippen LogP contribution in [0.1, 0.15) is 35.7 Å². The summed E-state index contributed by atoms with van der Waals surface area (Å²) in [5.41, 5.74) is 4.05. The summed E-state index contributed by atoms with van der Waals surface area (Å²) in [4.78, 5) is 6.84. The van der Waals surface area contributed by atoms with Crippen molar-refractivity contribution in [2.75, 3.05) is 7.05 Å². The molecule has 1 aromatic carbocycles. The maximum absolute atomic E-state index is 5.86. The smallest absolute Gasteiger partial charge is 0.226 e. The van der Waals surface area contributed by atoms with E-state index in [1.807, 2.05) is 32.2 Å². The molecule has 0 amide bonds. The van der Waals surface area contributed by atoms with Gasteiger partial charge in [-0.15, -0.1) is 0 Å². The van der Waals surface area contributed by atoms with Gasteiger partial charge in [-0.05, 0) is 40.0 Å². The van der Waals surface area contributed by atoms with Crippen LogP contribution in [0.4, 0.5) is 0 Å². The summed E-state index contributed by atoms with van der Waals surface area (Å²) in [6.45, 7) is 6.80. The lowest BCUT2D eigenvalue weighted by atomic mass is 10.1. The van der Waals surface area contributed by atoms with Gasteiger partial charge in [-0.2, -0.15) is 0 Å². The third kappa shape index (κ3) is 3.35. The summed E-state index contributed by atoms with van der Waals surface area (Å²) >= 11 is 0. The van der Waals surface area contributed by atoms with Crippen molar-refractivity contribution in [3.05, 3.63) is 59.3 Å². The molecule has 0 fully saturated rings. The number of hydrogen-bond acceptors (Lipinski definition) is 5. The molecule has 3 rings (SSSR count). The van der Waals surface area contributed by atoms with Gasteiger partial charge in [-0.1, -0.05) is 22.9 Å². The summed E-state index contributed by atoms with van der Waals surface area (Å²) in [6.07, 6.45) is 1.59. The Morgan fingerprint density at radius 3 is 2.74 bits per heavy atom. The molecule has 0 radical (unpaired) electrons. The van der Waals surface area contributed by atoms with Gasteiger partial charge in [0.2, 0.25) is 5.89 Å². The van der Waals surface area contributed by atoms with Crippen molar-refractivity contribution in [2.24, 2.45) is 0 Å². The van der Waals surface area contributed by atoms with Crippen molar-refractivity contribution in [3.63, 3.8) is 0 Å². The lowest BCUT2D eigenvalue weighted by Gasteiger charge is -2.21. The fraction of sp³-hybridized carbons (Fsp3) is 0.333. The largest absolute Gasteiger partial charge is 0.441 e. The van der Waals surface area contributed by atoms with Crippen molar-refractivity contribution in [3.8, 4) is 11.5 Å². The van der Waals surface area contributed by atoms with Crippen LogP contribution in [0, 0.1) is 13.8 Å². The summed E-state index contributed by atoms with van der Waals surface area (Å²) in [6, 6.07) is 10.2. The minimum absolute atomic E-state index is 0.146. The topological polar surface area (TPSA) is 55.3 Å². The van der Waals surface area contributed by atoms with Crippen LogP contribution < -0.4 is 0 Å². The number of aromatic nitrogens is 2. The van der Waals surface area contributed by atoms with E-state index >= 15 is 0 Å². The van der Waals surface area contributed by atoms with Gasteiger partial charge < -0.3 is 8.94 Å². The van der Waals surface area contributed by atoms with E-state index in [-0.39, 0.29) is 6.04 Å². The highest BCUT2D eigenvalue weighted by Gasteiger charge is 2.18. The van der Waals surface area contributed by atoms with E-state index in [1.165, 1.54) is 5.56 Å². The summed E-state index contributed by atoms with van der Waals surface area (Å²) < 4.78 is 10.8. The normalized spacial score (nSPS) is 12.7. The first-order valence-electron chi connectivity index (χ1n) is 7.68. The molecular formula is C18H21N3O2. The molecule has 120 valence electrons. The van der Waals surface area contributed by atoms with Crippen molar-refractivity contribution >= 4 is 0 Å². The number of nitrogens with zero attached hydrogens (tertiary/aromatic N) is 3. The van der Waals surface area contributed by atoms with Gasteiger partial charge in [0, 0.05) is 18.2 Å². The average molecular weight is 311 g/mol. The Balaban J connectivity index is 1.79. The molecule has 0 saturated carbocycles. The van der Waals surface area contributed by atoms with Crippen LogP contribution in [0.3, 0.4) is 0 Å². The highest BCUT2D eigenvalue weighted by Crippen LogP contribution is 2.25. The summed E-state index contributed by atoms with van der Waals surface area (Å²) in [5.74, 6) is 1.52. The zero-order valence-corrected chi connectivity index (χ0v) is 13.9. The summed E-state index contributed by atoms with van der Waals surface area (Å²) in [7, 11) is 2.04. The first-order chi connectivity index (χ1) is 11.0. The van der Waals surface area contributed by atoms with Crippen LogP contribution in [0.25, 0.3) is 11.5 Å². The van der Waals surface area contributed by atoms with E-state index in [0.29, 0.717) is 12.4 Å². The minimum atomic E-state index is 0.146. The monoisotopic (exact) mass is 311 g/mol. The Morgan fingerprint density at radius 2 is 2.04 bits per heavy atom. The molecule has 0 aliphatic carbocycles. The predicted molar refractivity (Wildman–Crippen MR) is 87.8 cm³/mol. The molecule has 0 aliphatic rings. The van der Waals surface area contributed by atoms with Gasteiger partial charge in [0.1, 0.15) is 17.7 Å². The maximum Gasteiger partial charge on any atom is 0.226 e. The molecule has 5 heteroatoms. The van der Waals surface area contributed by atoms with Crippen molar-refractivity contribution in [1.29, 1.82) is 0 Å². The Morgan fingerprint density at radius 1 is 1.22 bits per heavy atom. The molecule has 2 heterocycles. The van der Waals surface area contributed by atoms with Gasteiger partial charge in [-0.25, -0.2) is 4.98 Å². The van der Waals surface area contributed by atoms with Crippen LogP contribution in [0.15, 0.2) is 45.5 Å². The first-order valence-corrected chi connectivity index (χ1v) is 7.68. The molecule has 0 bridgehead atoms. The van der Waals surface area contributed by atoms with Gasteiger partial charge in [0.25, 0.3) is 0 Å².